The maximum atomic E-state index is 13.5. The number of anilines is 1. The first-order valence-electron chi connectivity index (χ1n) is 13.6. The van der Waals surface area contributed by atoms with Gasteiger partial charge in [0.2, 0.25) is 5.91 Å². The number of rotatable bonds is 9. The first-order chi connectivity index (χ1) is 18.2. The van der Waals surface area contributed by atoms with Crippen molar-refractivity contribution in [3.63, 3.8) is 0 Å². The molecule has 1 aromatic heterocycles. The predicted molar refractivity (Wildman–Crippen MR) is 142 cm³/mol. The lowest BCUT2D eigenvalue weighted by molar-refractivity contribution is -0.137. The van der Waals surface area contributed by atoms with Gasteiger partial charge in [0.25, 0.3) is 0 Å². The van der Waals surface area contributed by atoms with Crippen LogP contribution in [0, 0.1) is 5.92 Å². The Hall–Kier alpha value is -2.72. The normalized spacial score (nSPS) is 18.7. The van der Waals surface area contributed by atoms with E-state index in [1.807, 2.05) is 11.0 Å². The van der Waals surface area contributed by atoms with Crippen LogP contribution in [0.25, 0.3) is 0 Å². The second-order valence-corrected chi connectivity index (χ2v) is 10.9. The van der Waals surface area contributed by atoms with Gasteiger partial charge in [-0.25, -0.2) is 4.98 Å². The number of hydrogen-bond acceptors (Lipinski definition) is 6. The van der Waals surface area contributed by atoms with E-state index in [4.69, 9.17) is 0 Å². The number of hydrogen-bond donors (Lipinski definition) is 1. The highest BCUT2D eigenvalue weighted by Gasteiger charge is 2.39. The van der Waals surface area contributed by atoms with Gasteiger partial charge < -0.3 is 15.1 Å². The first kappa shape index (κ1) is 28.3. The SMILES string of the molecule is CC(C)CCNCC1(c2cccc(C(F)(F)F)c2)CCN(C(=O)CN2CCN(c3cnccn3)CC2)CC1. The Bertz CT molecular complexity index is 1030. The summed E-state index contributed by atoms with van der Waals surface area (Å²) in [6.45, 7) is 10.3. The molecule has 1 N–H and O–H groups in total. The Morgan fingerprint density at radius 3 is 2.45 bits per heavy atom. The minimum absolute atomic E-state index is 0.0864. The number of likely N-dealkylation sites (tertiary alicyclic amines) is 1. The van der Waals surface area contributed by atoms with E-state index in [2.05, 4.69) is 38.9 Å². The number of nitrogens with one attached hydrogen (secondary N) is 1. The predicted octanol–water partition coefficient (Wildman–Crippen LogP) is 3.81. The molecule has 2 aliphatic rings. The zero-order valence-corrected chi connectivity index (χ0v) is 22.4. The van der Waals surface area contributed by atoms with Crippen LogP contribution < -0.4 is 10.2 Å². The lowest BCUT2D eigenvalue weighted by Gasteiger charge is -2.43. The van der Waals surface area contributed by atoms with Crippen molar-refractivity contribution in [2.24, 2.45) is 5.92 Å². The zero-order valence-electron chi connectivity index (χ0n) is 22.4. The van der Waals surface area contributed by atoms with E-state index < -0.39 is 17.2 Å². The van der Waals surface area contributed by atoms with E-state index in [-0.39, 0.29) is 5.91 Å². The second-order valence-electron chi connectivity index (χ2n) is 10.9. The van der Waals surface area contributed by atoms with Crippen molar-refractivity contribution in [3.05, 3.63) is 54.0 Å². The van der Waals surface area contributed by atoms with Gasteiger partial charge in [0.05, 0.1) is 18.3 Å². The number of benzene rings is 1. The number of alkyl halides is 3. The molecule has 1 amide bonds. The van der Waals surface area contributed by atoms with Gasteiger partial charge in [0.1, 0.15) is 5.82 Å². The maximum Gasteiger partial charge on any atom is 0.416 e. The summed E-state index contributed by atoms with van der Waals surface area (Å²) < 4.78 is 40.5. The van der Waals surface area contributed by atoms with Crippen LogP contribution in [-0.2, 0) is 16.4 Å². The molecule has 7 nitrogen and oxygen atoms in total. The van der Waals surface area contributed by atoms with Gasteiger partial charge in [0, 0.05) is 63.6 Å². The summed E-state index contributed by atoms with van der Waals surface area (Å²) in [6, 6.07) is 5.75. The molecular formula is C28H39F3N6O. The van der Waals surface area contributed by atoms with Gasteiger partial charge in [-0.05, 0) is 43.4 Å². The maximum absolute atomic E-state index is 13.5. The molecule has 0 atom stereocenters. The van der Waals surface area contributed by atoms with E-state index in [1.54, 1.807) is 18.6 Å². The highest BCUT2D eigenvalue weighted by molar-refractivity contribution is 5.78. The van der Waals surface area contributed by atoms with Gasteiger partial charge in [0.15, 0.2) is 0 Å². The van der Waals surface area contributed by atoms with E-state index in [0.717, 1.165) is 51.0 Å². The summed E-state index contributed by atoms with van der Waals surface area (Å²) in [5.41, 5.74) is -0.343. The highest BCUT2D eigenvalue weighted by atomic mass is 19.4. The van der Waals surface area contributed by atoms with E-state index in [9.17, 15) is 18.0 Å². The molecule has 2 saturated heterocycles. The standard InChI is InChI=1S/C28H39F3N6O/c1-22(2)6-9-33-21-27(23-4-3-5-24(18-23)28(29,30)31)7-12-37(13-8-27)26(38)20-35-14-16-36(17-15-35)25-19-32-10-11-34-25/h3-5,10-11,18-19,22,33H,6-9,12-17,20-21H2,1-2H3. The Labute approximate surface area is 223 Å². The van der Waals surface area contributed by atoms with Gasteiger partial charge in [-0.3, -0.25) is 14.7 Å². The number of amides is 1. The monoisotopic (exact) mass is 532 g/mol. The summed E-state index contributed by atoms with van der Waals surface area (Å²) in [5.74, 6) is 1.49. The minimum Gasteiger partial charge on any atom is -0.353 e. The van der Waals surface area contributed by atoms with Crippen LogP contribution in [0.1, 0.15) is 44.2 Å². The molecule has 0 aliphatic carbocycles. The third-order valence-corrected chi connectivity index (χ3v) is 7.84. The topological polar surface area (TPSA) is 64.6 Å². The van der Waals surface area contributed by atoms with Crippen LogP contribution in [0.2, 0.25) is 0 Å². The fraction of sp³-hybridized carbons (Fsp3) is 0.607. The molecule has 4 rings (SSSR count). The number of piperidine rings is 1. The number of nitrogens with zero attached hydrogens (tertiary/aromatic N) is 5. The Kier molecular flexibility index (Phi) is 9.25. The minimum atomic E-state index is -4.38. The first-order valence-corrected chi connectivity index (χ1v) is 13.6. The van der Waals surface area contributed by atoms with Crippen LogP contribution in [-0.4, -0.2) is 84.6 Å². The Morgan fingerprint density at radius 1 is 1.08 bits per heavy atom. The molecular weight excluding hydrogens is 493 g/mol. The molecule has 2 aliphatic heterocycles. The average molecular weight is 533 g/mol. The highest BCUT2D eigenvalue weighted by Crippen LogP contribution is 2.38. The van der Waals surface area contributed by atoms with Crippen molar-refractivity contribution < 1.29 is 18.0 Å². The second kappa shape index (κ2) is 12.4. The van der Waals surface area contributed by atoms with Crippen LogP contribution in [0.15, 0.2) is 42.9 Å². The molecule has 38 heavy (non-hydrogen) atoms. The van der Waals surface area contributed by atoms with Gasteiger partial charge in [-0.1, -0.05) is 32.0 Å². The van der Waals surface area contributed by atoms with Crippen LogP contribution in [0.4, 0.5) is 19.0 Å². The molecule has 2 aromatic rings. The fourth-order valence-electron chi connectivity index (χ4n) is 5.38. The zero-order chi connectivity index (χ0) is 27.2. The molecule has 0 bridgehead atoms. The molecule has 0 spiro atoms. The van der Waals surface area contributed by atoms with E-state index in [0.29, 0.717) is 50.5 Å². The third-order valence-electron chi connectivity index (χ3n) is 7.84. The van der Waals surface area contributed by atoms with Crippen molar-refractivity contribution in [1.82, 2.24) is 25.1 Å². The molecule has 208 valence electrons. The average Bonchev–Trinajstić information content (AvgIpc) is 2.92. The Morgan fingerprint density at radius 2 is 1.82 bits per heavy atom. The van der Waals surface area contributed by atoms with E-state index in [1.165, 1.54) is 12.1 Å². The molecule has 1 aromatic carbocycles. The van der Waals surface area contributed by atoms with Crippen LogP contribution in [0.3, 0.4) is 0 Å². The van der Waals surface area contributed by atoms with Crippen molar-refractivity contribution in [3.8, 4) is 0 Å². The number of carbonyl (C=O) groups excluding carboxylic acids is 1. The molecule has 3 heterocycles. The smallest absolute Gasteiger partial charge is 0.353 e. The summed E-state index contributed by atoms with van der Waals surface area (Å²) in [7, 11) is 0. The van der Waals surface area contributed by atoms with Gasteiger partial charge >= 0.3 is 6.18 Å². The Balaban J connectivity index is 1.36. The lowest BCUT2D eigenvalue weighted by atomic mass is 9.72. The van der Waals surface area contributed by atoms with Crippen LogP contribution in [0.5, 0.6) is 0 Å². The summed E-state index contributed by atoms with van der Waals surface area (Å²) >= 11 is 0. The van der Waals surface area contributed by atoms with Crippen molar-refractivity contribution in [2.45, 2.75) is 44.7 Å². The number of carbonyl (C=O) groups is 1. The van der Waals surface area contributed by atoms with Crippen LogP contribution >= 0.6 is 0 Å². The molecule has 0 unspecified atom stereocenters. The third kappa shape index (κ3) is 7.22. The number of aromatic nitrogens is 2. The molecule has 0 radical (unpaired) electrons. The summed E-state index contributed by atoms with van der Waals surface area (Å²) in [4.78, 5) is 27.9. The largest absolute Gasteiger partial charge is 0.416 e. The number of piperazine rings is 1. The quantitative estimate of drug-likeness (QED) is 0.496. The number of halogens is 3. The fourth-order valence-corrected chi connectivity index (χ4v) is 5.38. The molecule has 10 heteroatoms. The summed E-state index contributed by atoms with van der Waals surface area (Å²) in [6.07, 6.45) is 2.98. The van der Waals surface area contributed by atoms with Crippen molar-refractivity contribution in [1.29, 1.82) is 0 Å². The van der Waals surface area contributed by atoms with Gasteiger partial charge in [-0.15, -0.1) is 0 Å². The molecule has 0 saturated carbocycles. The molecule has 2 fully saturated rings. The lowest BCUT2D eigenvalue weighted by Crippen LogP contribution is -2.53. The summed E-state index contributed by atoms with van der Waals surface area (Å²) in [5, 5.41) is 3.50. The van der Waals surface area contributed by atoms with Crippen molar-refractivity contribution >= 4 is 11.7 Å². The van der Waals surface area contributed by atoms with E-state index >= 15 is 0 Å². The van der Waals surface area contributed by atoms with Gasteiger partial charge in [-0.2, -0.15) is 13.2 Å². The van der Waals surface area contributed by atoms with Crippen molar-refractivity contribution in [2.75, 3.05) is 63.8 Å².